The Kier molecular flexibility index (Phi) is 7.45. The fourth-order valence-corrected chi connectivity index (χ4v) is 4.33. The van der Waals surface area contributed by atoms with Gasteiger partial charge in [-0.2, -0.15) is 0 Å². The molecule has 4 rings (SSSR count). The normalized spacial score (nSPS) is 13.9. The van der Waals surface area contributed by atoms with E-state index in [4.69, 9.17) is 32.4 Å². The van der Waals surface area contributed by atoms with Gasteiger partial charge in [0.2, 0.25) is 5.91 Å². The summed E-state index contributed by atoms with van der Waals surface area (Å²) in [7, 11) is 1.50. The molecule has 7 nitrogen and oxygen atoms in total. The molecule has 176 valence electrons. The predicted octanol–water partition coefficient (Wildman–Crippen LogP) is 5.21. The van der Waals surface area contributed by atoms with E-state index >= 15 is 0 Å². The van der Waals surface area contributed by atoms with Gasteiger partial charge in [-0.25, -0.2) is 0 Å². The van der Waals surface area contributed by atoms with E-state index < -0.39 is 0 Å². The average molecular weight is 500 g/mol. The van der Waals surface area contributed by atoms with Crippen molar-refractivity contribution in [1.82, 2.24) is 4.90 Å². The molecule has 9 heteroatoms. The van der Waals surface area contributed by atoms with Gasteiger partial charge in [-0.3, -0.25) is 9.59 Å². The second-order valence-corrected chi connectivity index (χ2v) is 8.48. The Morgan fingerprint density at radius 1 is 1.06 bits per heavy atom. The summed E-state index contributed by atoms with van der Waals surface area (Å²) in [5.74, 6) is 0.425. The standard InChI is InChI=1S/C25H23Cl2N3O4/c1-33-24-17(15-18(26)16-21(24)27)4-9-23(31)28-19-5-7-20(8-6-19)29-10-12-30(13-11-29)25(32)22-3-2-14-34-22/h2-9,14-16H,10-13H2,1H3,(H,28,31)/b9-4+. The summed E-state index contributed by atoms with van der Waals surface area (Å²) in [4.78, 5) is 28.8. The van der Waals surface area contributed by atoms with Gasteiger partial charge in [-0.05, 0) is 54.6 Å². The minimum Gasteiger partial charge on any atom is -0.495 e. The van der Waals surface area contributed by atoms with Gasteiger partial charge in [0.05, 0.1) is 18.4 Å². The molecule has 0 atom stereocenters. The van der Waals surface area contributed by atoms with Gasteiger partial charge >= 0.3 is 0 Å². The second kappa shape index (κ2) is 10.7. The molecular formula is C25H23Cl2N3O4. The summed E-state index contributed by atoms with van der Waals surface area (Å²) in [5.41, 5.74) is 2.30. The number of benzene rings is 2. The van der Waals surface area contributed by atoms with Crippen molar-refractivity contribution in [3.63, 3.8) is 0 Å². The number of halogens is 2. The number of nitrogens with zero attached hydrogens (tertiary/aromatic N) is 2. The highest BCUT2D eigenvalue weighted by atomic mass is 35.5. The van der Waals surface area contributed by atoms with Crippen LogP contribution in [0.2, 0.25) is 10.0 Å². The van der Waals surface area contributed by atoms with Crippen LogP contribution in [0.4, 0.5) is 11.4 Å². The summed E-state index contributed by atoms with van der Waals surface area (Å²) in [5, 5.41) is 3.66. The molecule has 2 aromatic carbocycles. The van der Waals surface area contributed by atoms with Crippen LogP contribution in [0.1, 0.15) is 16.1 Å². The molecule has 0 bridgehead atoms. The van der Waals surface area contributed by atoms with E-state index in [1.54, 1.807) is 35.2 Å². The maximum absolute atomic E-state index is 12.4. The van der Waals surface area contributed by atoms with Crippen LogP contribution in [0.3, 0.4) is 0 Å². The molecule has 0 spiro atoms. The lowest BCUT2D eigenvalue weighted by Crippen LogP contribution is -2.48. The monoisotopic (exact) mass is 499 g/mol. The molecule has 1 saturated heterocycles. The van der Waals surface area contributed by atoms with E-state index in [1.807, 2.05) is 24.3 Å². The molecule has 3 aromatic rings. The number of furan rings is 1. The zero-order valence-corrected chi connectivity index (χ0v) is 20.0. The zero-order chi connectivity index (χ0) is 24.1. The smallest absolute Gasteiger partial charge is 0.289 e. The molecule has 2 amide bonds. The number of rotatable bonds is 6. The summed E-state index contributed by atoms with van der Waals surface area (Å²) in [6.07, 6.45) is 4.50. The summed E-state index contributed by atoms with van der Waals surface area (Å²) in [6.45, 7) is 2.65. The molecule has 1 aliphatic rings. The summed E-state index contributed by atoms with van der Waals surface area (Å²) in [6, 6.07) is 14.2. The molecular weight excluding hydrogens is 477 g/mol. The number of anilines is 2. The molecule has 1 aromatic heterocycles. The van der Waals surface area contributed by atoms with Crippen LogP contribution in [0.15, 0.2) is 65.3 Å². The van der Waals surface area contributed by atoms with E-state index in [-0.39, 0.29) is 11.8 Å². The van der Waals surface area contributed by atoms with E-state index in [0.29, 0.717) is 59.0 Å². The van der Waals surface area contributed by atoms with Gasteiger partial charge in [-0.15, -0.1) is 0 Å². The Hall–Kier alpha value is -3.42. The van der Waals surface area contributed by atoms with Crippen molar-refractivity contribution in [1.29, 1.82) is 0 Å². The highest BCUT2D eigenvalue weighted by Crippen LogP contribution is 2.33. The van der Waals surface area contributed by atoms with Gasteiger partial charge in [0, 0.05) is 54.2 Å². The van der Waals surface area contributed by atoms with Crippen LogP contribution in [-0.4, -0.2) is 50.0 Å². The Balaban J connectivity index is 1.32. The third kappa shape index (κ3) is 5.55. The van der Waals surface area contributed by atoms with Crippen LogP contribution < -0.4 is 15.0 Å². The van der Waals surface area contributed by atoms with Gasteiger partial charge in [0.25, 0.3) is 5.91 Å². The lowest BCUT2D eigenvalue weighted by Gasteiger charge is -2.35. The van der Waals surface area contributed by atoms with Crippen LogP contribution in [0.5, 0.6) is 5.75 Å². The number of ether oxygens (including phenoxy) is 1. The van der Waals surface area contributed by atoms with Crippen molar-refractivity contribution < 1.29 is 18.7 Å². The summed E-state index contributed by atoms with van der Waals surface area (Å²) >= 11 is 12.2. The lowest BCUT2D eigenvalue weighted by molar-refractivity contribution is -0.111. The number of methoxy groups -OCH3 is 1. The molecule has 1 aliphatic heterocycles. The molecule has 0 aliphatic carbocycles. The maximum atomic E-state index is 12.4. The first-order chi connectivity index (χ1) is 16.4. The van der Waals surface area contributed by atoms with Crippen LogP contribution in [0, 0.1) is 0 Å². The fourth-order valence-electron chi connectivity index (χ4n) is 3.75. The minimum atomic E-state index is -0.295. The predicted molar refractivity (Wildman–Crippen MR) is 134 cm³/mol. The number of nitrogens with one attached hydrogen (secondary N) is 1. The quantitative estimate of drug-likeness (QED) is 0.471. The number of amides is 2. The van der Waals surface area contributed by atoms with Gasteiger partial charge < -0.3 is 24.3 Å². The van der Waals surface area contributed by atoms with E-state index in [1.165, 1.54) is 19.4 Å². The molecule has 1 N–H and O–H groups in total. The van der Waals surface area contributed by atoms with Gasteiger partial charge in [-0.1, -0.05) is 23.2 Å². The Labute approximate surface area is 207 Å². The van der Waals surface area contributed by atoms with E-state index in [0.717, 1.165) is 5.69 Å². The molecule has 2 heterocycles. The largest absolute Gasteiger partial charge is 0.495 e. The first-order valence-corrected chi connectivity index (χ1v) is 11.4. The van der Waals surface area contributed by atoms with Crippen LogP contribution >= 0.6 is 23.2 Å². The van der Waals surface area contributed by atoms with Crippen molar-refractivity contribution in [3.05, 3.63) is 82.2 Å². The number of hydrogen-bond donors (Lipinski definition) is 1. The van der Waals surface area contributed by atoms with Gasteiger partial charge in [0.1, 0.15) is 5.75 Å². The molecule has 0 unspecified atom stereocenters. The molecule has 0 radical (unpaired) electrons. The number of carbonyl (C=O) groups excluding carboxylic acids is 2. The van der Waals surface area contributed by atoms with Gasteiger partial charge in [0.15, 0.2) is 5.76 Å². The number of carbonyl (C=O) groups is 2. The highest BCUT2D eigenvalue weighted by molar-refractivity contribution is 6.36. The van der Waals surface area contributed by atoms with E-state index in [2.05, 4.69) is 10.2 Å². The maximum Gasteiger partial charge on any atom is 0.289 e. The Bertz CT molecular complexity index is 1190. The highest BCUT2D eigenvalue weighted by Gasteiger charge is 2.23. The Morgan fingerprint density at radius 3 is 2.44 bits per heavy atom. The first kappa shape index (κ1) is 23.7. The topological polar surface area (TPSA) is 75.0 Å². The molecule has 1 fully saturated rings. The lowest BCUT2D eigenvalue weighted by atomic mass is 10.2. The SMILES string of the molecule is COc1c(Cl)cc(Cl)cc1/C=C/C(=O)Nc1ccc(N2CCN(C(=O)c3ccco3)CC2)cc1. The summed E-state index contributed by atoms with van der Waals surface area (Å²) < 4.78 is 10.5. The molecule has 34 heavy (non-hydrogen) atoms. The second-order valence-electron chi connectivity index (χ2n) is 7.64. The van der Waals surface area contributed by atoms with Crippen molar-refractivity contribution in [2.24, 2.45) is 0 Å². The number of hydrogen-bond acceptors (Lipinski definition) is 5. The van der Waals surface area contributed by atoms with E-state index in [9.17, 15) is 9.59 Å². The average Bonchev–Trinajstić information content (AvgIpc) is 3.38. The zero-order valence-electron chi connectivity index (χ0n) is 18.5. The Morgan fingerprint density at radius 2 is 1.79 bits per heavy atom. The first-order valence-electron chi connectivity index (χ1n) is 10.6. The minimum absolute atomic E-state index is 0.0894. The fraction of sp³-hybridized carbons (Fsp3) is 0.200. The van der Waals surface area contributed by atoms with Crippen molar-refractivity contribution in [2.45, 2.75) is 0 Å². The molecule has 0 saturated carbocycles. The van der Waals surface area contributed by atoms with Crippen molar-refractivity contribution in [2.75, 3.05) is 43.5 Å². The third-order valence-electron chi connectivity index (χ3n) is 5.45. The number of piperazine rings is 1. The third-order valence-corrected chi connectivity index (χ3v) is 5.95. The van der Waals surface area contributed by atoms with Crippen LogP contribution in [0.25, 0.3) is 6.08 Å². The van der Waals surface area contributed by atoms with Crippen molar-refractivity contribution >= 4 is 52.5 Å². The van der Waals surface area contributed by atoms with Crippen LogP contribution in [-0.2, 0) is 4.79 Å². The van der Waals surface area contributed by atoms with Crippen molar-refractivity contribution in [3.8, 4) is 5.75 Å².